The number of rotatable bonds is 10. The number of anilines is 1. The number of carbonyl (C=O) groups excluding carboxylic acids is 2. The molecule has 0 saturated heterocycles. The number of ether oxygens (including phenoxy) is 2. The number of halogens is 2. The van der Waals surface area contributed by atoms with Crippen molar-refractivity contribution in [2.45, 2.75) is 25.2 Å². The van der Waals surface area contributed by atoms with Crippen LogP contribution >= 0.6 is 35.0 Å². The van der Waals surface area contributed by atoms with Crippen molar-refractivity contribution in [1.82, 2.24) is 20.1 Å². The fraction of sp³-hybridized carbons (Fsp3) is 0.273. The minimum Gasteiger partial charge on any atom is -0.493 e. The van der Waals surface area contributed by atoms with Gasteiger partial charge in [-0.25, -0.2) is 0 Å². The number of methoxy groups -OCH3 is 2. The van der Waals surface area contributed by atoms with Gasteiger partial charge in [-0.3, -0.25) is 9.59 Å². The third-order valence-electron chi connectivity index (χ3n) is 4.72. The Kier molecular flexibility index (Phi) is 9.03. The number of nitrogens with one attached hydrogen (secondary N) is 2. The van der Waals surface area contributed by atoms with E-state index in [0.717, 1.165) is 0 Å². The van der Waals surface area contributed by atoms with Crippen LogP contribution in [0.4, 0.5) is 5.69 Å². The normalized spacial score (nSPS) is 10.6. The molecule has 0 aliphatic heterocycles. The van der Waals surface area contributed by atoms with Crippen LogP contribution in [0.2, 0.25) is 10.0 Å². The van der Waals surface area contributed by atoms with Crippen LogP contribution in [-0.2, 0) is 17.9 Å². The number of nitrogens with zero attached hydrogens (tertiary/aromatic N) is 3. The van der Waals surface area contributed by atoms with Gasteiger partial charge in [-0.05, 0) is 37.3 Å². The second-order valence-electron chi connectivity index (χ2n) is 6.83. The van der Waals surface area contributed by atoms with Crippen molar-refractivity contribution in [2.24, 2.45) is 0 Å². The van der Waals surface area contributed by atoms with Crippen LogP contribution in [0, 0.1) is 0 Å². The van der Waals surface area contributed by atoms with Crippen LogP contribution in [0.25, 0.3) is 0 Å². The van der Waals surface area contributed by atoms with E-state index in [-0.39, 0.29) is 29.1 Å². The lowest BCUT2D eigenvalue weighted by Gasteiger charge is -2.11. The van der Waals surface area contributed by atoms with Gasteiger partial charge in [-0.1, -0.05) is 41.0 Å². The first-order valence-electron chi connectivity index (χ1n) is 10.2. The maximum absolute atomic E-state index is 12.6. The van der Waals surface area contributed by atoms with E-state index >= 15 is 0 Å². The molecule has 9 nitrogen and oxygen atoms in total. The first kappa shape index (κ1) is 25.7. The highest BCUT2D eigenvalue weighted by Crippen LogP contribution is 2.30. The highest BCUT2D eigenvalue weighted by molar-refractivity contribution is 7.99. The van der Waals surface area contributed by atoms with E-state index in [9.17, 15) is 9.59 Å². The van der Waals surface area contributed by atoms with Crippen molar-refractivity contribution >= 4 is 52.5 Å². The van der Waals surface area contributed by atoms with Gasteiger partial charge in [-0.15, -0.1) is 10.2 Å². The summed E-state index contributed by atoms with van der Waals surface area (Å²) in [5, 5.41) is 15.1. The van der Waals surface area contributed by atoms with Gasteiger partial charge >= 0.3 is 0 Å². The monoisotopic (exact) mass is 523 g/mol. The predicted molar refractivity (Wildman–Crippen MR) is 132 cm³/mol. The van der Waals surface area contributed by atoms with Crippen molar-refractivity contribution in [2.75, 3.05) is 25.3 Å². The van der Waals surface area contributed by atoms with Crippen molar-refractivity contribution in [3.63, 3.8) is 0 Å². The van der Waals surface area contributed by atoms with E-state index in [0.29, 0.717) is 45.3 Å². The molecule has 0 fully saturated rings. The van der Waals surface area contributed by atoms with Crippen LogP contribution in [0.1, 0.15) is 23.1 Å². The summed E-state index contributed by atoms with van der Waals surface area (Å²) in [4.78, 5) is 24.9. The van der Waals surface area contributed by atoms with Crippen LogP contribution in [0.5, 0.6) is 11.5 Å². The third kappa shape index (κ3) is 6.13. The molecule has 180 valence electrons. The number of amides is 2. The quantitative estimate of drug-likeness (QED) is 0.381. The summed E-state index contributed by atoms with van der Waals surface area (Å²) < 4.78 is 12.3. The smallest absolute Gasteiger partial charge is 0.251 e. The molecule has 0 atom stereocenters. The summed E-state index contributed by atoms with van der Waals surface area (Å²) in [5.74, 6) is 1.11. The Balaban J connectivity index is 1.60. The van der Waals surface area contributed by atoms with E-state index in [1.54, 1.807) is 36.4 Å². The Hall–Kier alpha value is -2.95. The maximum Gasteiger partial charge on any atom is 0.251 e. The molecule has 0 aliphatic rings. The number of hydrogen-bond donors (Lipinski definition) is 2. The SMILES string of the molecule is CCn1c(CNC(=O)c2ccc(OC)c(OC)c2)nnc1SCC(=O)Nc1cccc(Cl)c1Cl. The van der Waals surface area contributed by atoms with Gasteiger partial charge in [0.2, 0.25) is 5.91 Å². The molecular formula is C22H23Cl2N5O4S. The molecule has 0 saturated carbocycles. The van der Waals surface area contributed by atoms with Crippen molar-refractivity contribution in [3.8, 4) is 11.5 Å². The lowest BCUT2D eigenvalue weighted by Crippen LogP contribution is -2.25. The molecule has 0 spiro atoms. The molecule has 0 unspecified atom stereocenters. The fourth-order valence-electron chi connectivity index (χ4n) is 3.03. The van der Waals surface area contributed by atoms with Gasteiger partial charge in [0, 0.05) is 12.1 Å². The Morgan fingerprint density at radius 3 is 2.56 bits per heavy atom. The molecule has 1 heterocycles. The molecule has 0 radical (unpaired) electrons. The molecular weight excluding hydrogens is 501 g/mol. The summed E-state index contributed by atoms with van der Waals surface area (Å²) in [6.45, 7) is 2.66. The average molecular weight is 524 g/mol. The van der Waals surface area contributed by atoms with E-state index in [1.807, 2.05) is 11.5 Å². The summed E-state index contributed by atoms with van der Waals surface area (Å²) in [5.41, 5.74) is 0.862. The highest BCUT2D eigenvalue weighted by Gasteiger charge is 2.16. The molecule has 3 rings (SSSR count). The van der Waals surface area contributed by atoms with Gasteiger partial charge < -0.3 is 24.7 Å². The first-order valence-corrected chi connectivity index (χ1v) is 11.9. The summed E-state index contributed by atoms with van der Waals surface area (Å²) in [6.07, 6.45) is 0. The second kappa shape index (κ2) is 12.0. The molecule has 34 heavy (non-hydrogen) atoms. The minimum atomic E-state index is -0.293. The zero-order chi connectivity index (χ0) is 24.7. The number of thioether (sulfide) groups is 1. The third-order valence-corrected chi connectivity index (χ3v) is 6.51. The molecule has 2 N–H and O–H groups in total. The Morgan fingerprint density at radius 1 is 1.09 bits per heavy atom. The van der Waals surface area contributed by atoms with Crippen LogP contribution < -0.4 is 20.1 Å². The second-order valence-corrected chi connectivity index (χ2v) is 8.56. The van der Waals surface area contributed by atoms with Crippen LogP contribution in [0.3, 0.4) is 0 Å². The standard InChI is InChI=1S/C22H23Cl2N5O4S/c1-4-29-18(11-25-21(31)13-8-9-16(32-2)17(10-13)33-3)27-28-22(29)34-12-19(30)26-15-7-5-6-14(23)20(15)24/h5-10H,4,11-12H2,1-3H3,(H,25,31)(H,26,30). The number of benzene rings is 2. The van der Waals surface area contributed by atoms with Crippen LogP contribution in [-0.4, -0.2) is 46.6 Å². The molecule has 2 amide bonds. The van der Waals surface area contributed by atoms with Gasteiger partial charge in [0.05, 0.1) is 42.2 Å². The molecule has 1 aromatic heterocycles. The highest BCUT2D eigenvalue weighted by atomic mass is 35.5. The van der Waals surface area contributed by atoms with Crippen molar-refractivity contribution < 1.29 is 19.1 Å². The Morgan fingerprint density at radius 2 is 1.85 bits per heavy atom. The molecule has 0 bridgehead atoms. The van der Waals surface area contributed by atoms with E-state index in [1.165, 1.54) is 26.0 Å². The summed E-state index contributed by atoms with van der Waals surface area (Å²) in [6, 6.07) is 9.93. The molecule has 12 heteroatoms. The van der Waals surface area contributed by atoms with E-state index < -0.39 is 0 Å². The van der Waals surface area contributed by atoms with Gasteiger partial charge in [-0.2, -0.15) is 0 Å². The van der Waals surface area contributed by atoms with Gasteiger partial charge in [0.25, 0.3) is 5.91 Å². The Labute approximate surface area is 211 Å². The predicted octanol–water partition coefficient (Wildman–Crippen LogP) is 4.28. The number of aromatic nitrogens is 3. The average Bonchev–Trinajstić information content (AvgIpc) is 3.25. The summed E-state index contributed by atoms with van der Waals surface area (Å²) >= 11 is 13.3. The topological polar surface area (TPSA) is 107 Å². The number of carbonyl (C=O) groups is 2. The van der Waals surface area contributed by atoms with Crippen LogP contribution in [0.15, 0.2) is 41.6 Å². The van der Waals surface area contributed by atoms with Crippen molar-refractivity contribution in [3.05, 3.63) is 57.8 Å². The largest absolute Gasteiger partial charge is 0.493 e. The van der Waals surface area contributed by atoms with Gasteiger partial charge in [0.1, 0.15) is 0 Å². The van der Waals surface area contributed by atoms with E-state index in [2.05, 4.69) is 20.8 Å². The lowest BCUT2D eigenvalue weighted by atomic mass is 10.2. The minimum absolute atomic E-state index is 0.0962. The molecule has 2 aromatic carbocycles. The molecule has 3 aromatic rings. The van der Waals surface area contributed by atoms with E-state index in [4.69, 9.17) is 32.7 Å². The molecule has 0 aliphatic carbocycles. The number of hydrogen-bond acceptors (Lipinski definition) is 7. The summed E-state index contributed by atoms with van der Waals surface area (Å²) in [7, 11) is 3.03. The lowest BCUT2D eigenvalue weighted by molar-refractivity contribution is -0.113. The maximum atomic E-state index is 12.6. The Bertz CT molecular complexity index is 1190. The fourth-order valence-corrected chi connectivity index (χ4v) is 4.20. The van der Waals surface area contributed by atoms with Gasteiger partial charge in [0.15, 0.2) is 22.5 Å². The zero-order valence-corrected chi connectivity index (χ0v) is 21.1. The first-order chi connectivity index (χ1) is 16.4. The zero-order valence-electron chi connectivity index (χ0n) is 18.7. The van der Waals surface area contributed by atoms with Crippen molar-refractivity contribution in [1.29, 1.82) is 0 Å².